The van der Waals surface area contributed by atoms with Crippen LogP contribution < -0.4 is 5.32 Å². The summed E-state index contributed by atoms with van der Waals surface area (Å²) in [6.07, 6.45) is 0. The lowest BCUT2D eigenvalue weighted by atomic mass is 9.98. The van der Waals surface area contributed by atoms with Crippen LogP contribution >= 0.6 is 0 Å². The molecule has 1 fully saturated rings. The van der Waals surface area contributed by atoms with Gasteiger partial charge in [-0.05, 0) is 23.6 Å². The van der Waals surface area contributed by atoms with E-state index in [9.17, 15) is 14.7 Å². The van der Waals surface area contributed by atoms with Crippen LogP contribution in [0.2, 0.25) is 0 Å². The van der Waals surface area contributed by atoms with Gasteiger partial charge in [0.05, 0.1) is 6.54 Å². The smallest absolute Gasteiger partial charge is 0.243 e. The van der Waals surface area contributed by atoms with E-state index in [1.807, 2.05) is 13.8 Å². The number of hydrogen-bond acceptors (Lipinski definition) is 3. The second kappa shape index (κ2) is 5.30. The van der Waals surface area contributed by atoms with Crippen LogP contribution in [0.4, 0.5) is 0 Å². The lowest BCUT2D eigenvalue weighted by Crippen LogP contribution is -2.59. The molecule has 0 aliphatic carbocycles. The molecule has 2 N–H and O–H groups in total. The zero-order valence-corrected chi connectivity index (χ0v) is 11.1. The van der Waals surface area contributed by atoms with Crippen molar-refractivity contribution in [2.75, 3.05) is 6.54 Å². The van der Waals surface area contributed by atoms with Crippen molar-refractivity contribution in [2.24, 2.45) is 5.92 Å². The van der Waals surface area contributed by atoms with Gasteiger partial charge < -0.3 is 15.3 Å². The molecule has 5 heteroatoms. The number of carbonyl (C=O) groups excluding carboxylic acids is 2. The Labute approximate surface area is 112 Å². The summed E-state index contributed by atoms with van der Waals surface area (Å²) in [6, 6.07) is 6.23. The maximum Gasteiger partial charge on any atom is 0.243 e. The van der Waals surface area contributed by atoms with Crippen LogP contribution in [0.5, 0.6) is 5.75 Å². The fraction of sp³-hybridized carbons (Fsp3) is 0.429. The van der Waals surface area contributed by atoms with Gasteiger partial charge in [-0.25, -0.2) is 0 Å². The lowest BCUT2D eigenvalue weighted by Gasteiger charge is -2.37. The number of piperazine rings is 1. The third kappa shape index (κ3) is 2.86. The maximum atomic E-state index is 12.0. The lowest BCUT2D eigenvalue weighted by molar-refractivity contribution is -0.148. The minimum absolute atomic E-state index is 0.0557. The van der Waals surface area contributed by atoms with Crippen LogP contribution in [0.1, 0.15) is 19.4 Å². The molecule has 5 nitrogen and oxygen atoms in total. The van der Waals surface area contributed by atoms with Crippen LogP contribution in [0, 0.1) is 5.92 Å². The molecule has 1 aliphatic rings. The Hall–Kier alpha value is -2.04. The fourth-order valence-electron chi connectivity index (χ4n) is 2.31. The Balaban J connectivity index is 2.21. The molecule has 19 heavy (non-hydrogen) atoms. The molecule has 0 spiro atoms. The molecule has 0 aromatic heterocycles. The molecule has 1 aliphatic heterocycles. The van der Waals surface area contributed by atoms with Crippen LogP contribution in [-0.4, -0.2) is 34.4 Å². The van der Waals surface area contributed by atoms with Gasteiger partial charge in [0, 0.05) is 6.54 Å². The summed E-state index contributed by atoms with van der Waals surface area (Å²) in [7, 11) is 0. The number of rotatable bonds is 3. The number of benzene rings is 1. The van der Waals surface area contributed by atoms with Crippen molar-refractivity contribution >= 4 is 11.8 Å². The first kappa shape index (κ1) is 13.4. The van der Waals surface area contributed by atoms with Crippen molar-refractivity contribution in [3.8, 4) is 5.75 Å². The molecule has 0 saturated carbocycles. The van der Waals surface area contributed by atoms with E-state index in [2.05, 4.69) is 5.32 Å². The van der Waals surface area contributed by atoms with E-state index >= 15 is 0 Å². The number of phenolic OH excluding ortho intramolecular Hbond substituents is 1. The standard InChI is InChI=1S/C14H18N2O3/c1-9(2)13-14(19)15-7-12(18)16(13)8-10-3-5-11(17)6-4-10/h3-6,9,13,17H,7-8H2,1-2H3,(H,15,19). The van der Waals surface area contributed by atoms with E-state index < -0.39 is 6.04 Å². The molecular weight excluding hydrogens is 244 g/mol. The topological polar surface area (TPSA) is 69.6 Å². The van der Waals surface area contributed by atoms with E-state index in [-0.39, 0.29) is 30.0 Å². The van der Waals surface area contributed by atoms with Gasteiger partial charge in [-0.3, -0.25) is 9.59 Å². The minimum atomic E-state index is -0.435. The highest BCUT2D eigenvalue weighted by atomic mass is 16.3. The molecule has 1 heterocycles. The number of hydrogen-bond donors (Lipinski definition) is 2. The van der Waals surface area contributed by atoms with Crippen LogP contribution in [0.15, 0.2) is 24.3 Å². The molecule has 0 radical (unpaired) electrons. The van der Waals surface area contributed by atoms with Gasteiger partial charge in [0.1, 0.15) is 11.8 Å². The Kier molecular flexibility index (Phi) is 3.74. The summed E-state index contributed by atoms with van der Waals surface area (Å²) in [6.45, 7) is 4.29. The van der Waals surface area contributed by atoms with Crippen LogP contribution in [-0.2, 0) is 16.1 Å². The maximum absolute atomic E-state index is 12.0. The molecule has 1 saturated heterocycles. The van der Waals surface area contributed by atoms with Gasteiger partial charge in [-0.15, -0.1) is 0 Å². The first-order valence-electron chi connectivity index (χ1n) is 6.34. The summed E-state index contributed by atoms with van der Waals surface area (Å²) < 4.78 is 0. The van der Waals surface area contributed by atoms with Crippen molar-refractivity contribution in [3.63, 3.8) is 0 Å². The normalized spacial score (nSPS) is 19.7. The number of nitrogens with one attached hydrogen (secondary N) is 1. The Morgan fingerprint density at radius 2 is 1.95 bits per heavy atom. The fourth-order valence-corrected chi connectivity index (χ4v) is 2.31. The summed E-state index contributed by atoms with van der Waals surface area (Å²) in [5, 5.41) is 11.9. The molecule has 102 valence electrons. The molecule has 0 bridgehead atoms. The van der Waals surface area contributed by atoms with Crippen molar-refractivity contribution in [2.45, 2.75) is 26.4 Å². The highest BCUT2D eigenvalue weighted by Gasteiger charge is 2.36. The molecule has 1 unspecified atom stereocenters. The number of aromatic hydroxyl groups is 1. The van der Waals surface area contributed by atoms with Gasteiger partial charge in [0.2, 0.25) is 11.8 Å². The number of phenols is 1. The summed E-state index contributed by atoms with van der Waals surface area (Å²) >= 11 is 0. The van der Waals surface area contributed by atoms with Crippen molar-refractivity contribution in [1.82, 2.24) is 10.2 Å². The average molecular weight is 262 g/mol. The highest BCUT2D eigenvalue weighted by Crippen LogP contribution is 2.19. The molecule has 1 aromatic rings. The summed E-state index contributed by atoms with van der Waals surface area (Å²) in [4.78, 5) is 25.5. The number of amides is 2. The number of carbonyl (C=O) groups is 2. The van der Waals surface area contributed by atoms with Gasteiger partial charge in [-0.1, -0.05) is 26.0 Å². The monoisotopic (exact) mass is 262 g/mol. The molecule has 2 amide bonds. The predicted molar refractivity (Wildman–Crippen MR) is 70.3 cm³/mol. The molecular formula is C14H18N2O3. The van der Waals surface area contributed by atoms with E-state index in [1.165, 1.54) is 0 Å². The minimum Gasteiger partial charge on any atom is -0.508 e. The van der Waals surface area contributed by atoms with Crippen molar-refractivity contribution in [1.29, 1.82) is 0 Å². The highest BCUT2D eigenvalue weighted by molar-refractivity contribution is 5.94. The third-order valence-corrected chi connectivity index (χ3v) is 3.26. The molecule has 1 atom stereocenters. The Morgan fingerprint density at radius 3 is 2.53 bits per heavy atom. The van der Waals surface area contributed by atoms with E-state index in [1.54, 1.807) is 29.2 Å². The average Bonchev–Trinajstić information content (AvgIpc) is 2.36. The number of nitrogens with zero attached hydrogens (tertiary/aromatic N) is 1. The predicted octanol–water partition coefficient (Wildman–Crippen LogP) is 0.875. The van der Waals surface area contributed by atoms with E-state index in [0.29, 0.717) is 6.54 Å². The summed E-state index contributed by atoms with van der Waals surface area (Å²) in [5.41, 5.74) is 0.895. The first-order valence-corrected chi connectivity index (χ1v) is 6.34. The largest absolute Gasteiger partial charge is 0.508 e. The van der Waals surface area contributed by atoms with Gasteiger partial charge in [0.15, 0.2) is 0 Å². The van der Waals surface area contributed by atoms with Crippen LogP contribution in [0.25, 0.3) is 0 Å². The SMILES string of the molecule is CC(C)C1C(=O)NCC(=O)N1Cc1ccc(O)cc1. The second-order valence-corrected chi connectivity index (χ2v) is 5.09. The quantitative estimate of drug-likeness (QED) is 0.849. The second-order valence-electron chi connectivity index (χ2n) is 5.09. The Bertz CT molecular complexity index is 482. The molecule has 1 aromatic carbocycles. The van der Waals surface area contributed by atoms with E-state index in [4.69, 9.17) is 0 Å². The van der Waals surface area contributed by atoms with Crippen molar-refractivity contribution in [3.05, 3.63) is 29.8 Å². The van der Waals surface area contributed by atoms with Gasteiger partial charge in [0.25, 0.3) is 0 Å². The van der Waals surface area contributed by atoms with Gasteiger partial charge in [-0.2, -0.15) is 0 Å². The van der Waals surface area contributed by atoms with Crippen LogP contribution in [0.3, 0.4) is 0 Å². The molecule has 2 rings (SSSR count). The third-order valence-electron chi connectivity index (χ3n) is 3.26. The summed E-state index contributed by atoms with van der Waals surface area (Å²) in [5.74, 6) is 0.0630. The zero-order chi connectivity index (χ0) is 14.0. The van der Waals surface area contributed by atoms with E-state index in [0.717, 1.165) is 5.56 Å². The first-order chi connectivity index (χ1) is 8.99. The van der Waals surface area contributed by atoms with Gasteiger partial charge >= 0.3 is 0 Å². The zero-order valence-electron chi connectivity index (χ0n) is 11.1. The van der Waals surface area contributed by atoms with Crippen molar-refractivity contribution < 1.29 is 14.7 Å². The Morgan fingerprint density at radius 1 is 1.32 bits per heavy atom.